The van der Waals surface area contributed by atoms with Crippen molar-refractivity contribution in [3.05, 3.63) is 48.6 Å². The minimum atomic E-state index is 0.165. The molecule has 76 valence electrons. The molecule has 0 saturated carbocycles. The zero-order valence-electron chi connectivity index (χ0n) is 7.97. The molecule has 1 aromatic rings. The summed E-state index contributed by atoms with van der Waals surface area (Å²) in [6.45, 7) is 3.62. The van der Waals surface area contributed by atoms with Gasteiger partial charge in [-0.2, -0.15) is 0 Å². The van der Waals surface area contributed by atoms with E-state index in [0.29, 0.717) is 17.3 Å². The van der Waals surface area contributed by atoms with Crippen LogP contribution in [0.2, 0.25) is 0 Å². The number of nitrogens with one attached hydrogen (secondary N) is 1. The smallest absolute Gasteiger partial charge is 0.161 e. The van der Waals surface area contributed by atoms with Gasteiger partial charge in [0.15, 0.2) is 5.76 Å². The first-order valence-electron chi connectivity index (χ1n) is 4.40. The number of nitrogens with zero attached hydrogens (tertiary/aromatic N) is 1. The Morgan fingerprint density at radius 1 is 1.40 bits per heavy atom. The van der Waals surface area contributed by atoms with E-state index in [-0.39, 0.29) is 5.75 Å². The van der Waals surface area contributed by atoms with Gasteiger partial charge in [0, 0.05) is 12.3 Å². The summed E-state index contributed by atoms with van der Waals surface area (Å²) in [7, 11) is 0. The number of rotatable bonds is 2. The zero-order valence-corrected chi connectivity index (χ0v) is 7.97. The topological polar surface area (TPSA) is 53.9 Å². The van der Waals surface area contributed by atoms with E-state index in [9.17, 15) is 5.11 Å². The van der Waals surface area contributed by atoms with Crippen molar-refractivity contribution in [3.8, 4) is 11.5 Å². The van der Waals surface area contributed by atoms with Crippen LogP contribution >= 0.6 is 0 Å². The second-order valence-electron chi connectivity index (χ2n) is 3.00. The van der Waals surface area contributed by atoms with E-state index in [1.807, 2.05) is 0 Å². The molecule has 0 amide bonds. The summed E-state index contributed by atoms with van der Waals surface area (Å²) < 4.78 is 5.43. The Bertz CT molecular complexity index is 450. The van der Waals surface area contributed by atoms with Gasteiger partial charge in [0.05, 0.1) is 6.21 Å². The lowest BCUT2D eigenvalue weighted by atomic mass is 10.3. The van der Waals surface area contributed by atoms with E-state index < -0.39 is 0 Å². The third-order valence-electron chi connectivity index (χ3n) is 1.78. The van der Waals surface area contributed by atoms with Crippen LogP contribution in [-0.2, 0) is 0 Å². The predicted molar refractivity (Wildman–Crippen MR) is 57.6 cm³/mol. The molecule has 0 aliphatic carbocycles. The van der Waals surface area contributed by atoms with Crippen molar-refractivity contribution < 1.29 is 9.84 Å². The highest BCUT2D eigenvalue weighted by atomic mass is 16.5. The molecular weight excluding hydrogens is 192 g/mol. The minimum absolute atomic E-state index is 0.165. The largest absolute Gasteiger partial charge is 0.508 e. The first-order chi connectivity index (χ1) is 7.24. The van der Waals surface area contributed by atoms with E-state index in [4.69, 9.17) is 4.74 Å². The van der Waals surface area contributed by atoms with Gasteiger partial charge >= 0.3 is 0 Å². The fourth-order valence-corrected chi connectivity index (χ4v) is 1.11. The van der Waals surface area contributed by atoms with Crippen molar-refractivity contribution >= 4 is 6.21 Å². The fraction of sp³-hybridized carbons (Fsp3) is 0. The van der Waals surface area contributed by atoms with E-state index in [1.165, 1.54) is 6.07 Å². The van der Waals surface area contributed by atoms with E-state index in [2.05, 4.69) is 16.9 Å². The highest BCUT2D eigenvalue weighted by Gasteiger charge is 2.03. The summed E-state index contributed by atoms with van der Waals surface area (Å²) in [5, 5.41) is 12.0. The Labute approximate surface area is 87.2 Å². The predicted octanol–water partition coefficient (Wildman–Crippen LogP) is 1.76. The Morgan fingerprint density at radius 3 is 2.93 bits per heavy atom. The molecule has 1 heterocycles. The fourth-order valence-electron chi connectivity index (χ4n) is 1.11. The van der Waals surface area contributed by atoms with Crippen LogP contribution in [-0.4, -0.2) is 11.3 Å². The number of aliphatic imine (C=N–C) groups is 1. The molecule has 1 aromatic carbocycles. The van der Waals surface area contributed by atoms with Gasteiger partial charge in [0.2, 0.25) is 0 Å². The molecule has 2 N–H and O–H groups in total. The normalized spacial score (nSPS) is 14.4. The zero-order chi connectivity index (χ0) is 10.7. The maximum Gasteiger partial charge on any atom is 0.161 e. The summed E-state index contributed by atoms with van der Waals surface area (Å²) in [4.78, 5) is 3.94. The molecule has 0 spiro atoms. The number of hydrogen-bond donors (Lipinski definition) is 2. The molecule has 15 heavy (non-hydrogen) atoms. The lowest BCUT2D eigenvalue weighted by Gasteiger charge is -2.10. The number of hydrogen-bond acceptors (Lipinski definition) is 4. The lowest BCUT2D eigenvalue weighted by molar-refractivity contribution is 0.437. The summed E-state index contributed by atoms with van der Waals surface area (Å²) in [6, 6.07) is 6.56. The van der Waals surface area contributed by atoms with Crippen LogP contribution in [0.5, 0.6) is 11.5 Å². The summed E-state index contributed by atoms with van der Waals surface area (Å²) in [5.41, 5.74) is 0. The molecule has 0 saturated heterocycles. The number of ether oxygens (including phenoxy) is 1. The average Bonchev–Trinajstić information content (AvgIpc) is 2.22. The second kappa shape index (κ2) is 3.88. The van der Waals surface area contributed by atoms with Crippen LogP contribution in [0.4, 0.5) is 0 Å². The maximum atomic E-state index is 9.22. The van der Waals surface area contributed by atoms with Crippen molar-refractivity contribution in [1.29, 1.82) is 0 Å². The molecule has 0 atom stereocenters. The molecule has 4 heteroatoms. The second-order valence-corrected chi connectivity index (χ2v) is 3.00. The van der Waals surface area contributed by atoms with E-state index in [0.717, 1.165) is 0 Å². The van der Waals surface area contributed by atoms with Crippen molar-refractivity contribution in [1.82, 2.24) is 5.32 Å². The van der Waals surface area contributed by atoms with Crippen LogP contribution in [0.1, 0.15) is 0 Å². The van der Waals surface area contributed by atoms with Crippen molar-refractivity contribution in [3.63, 3.8) is 0 Å². The first kappa shape index (κ1) is 9.33. The number of aromatic hydroxyl groups is 1. The average molecular weight is 202 g/mol. The number of allylic oxidation sites excluding steroid dienone is 1. The Balaban J connectivity index is 2.10. The lowest BCUT2D eigenvalue weighted by Crippen LogP contribution is -2.12. The molecular formula is C11H10N2O2. The monoisotopic (exact) mass is 202 g/mol. The van der Waals surface area contributed by atoms with Gasteiger partial charge in [0.1, 0.15) is 17.3 Å². The molecule has 0 aromatic heterocycles. The molecule has 1 aliphatic rings. The van der Waals surface area contributed by atoms with Gasteiger partial charge in [-0.25, -0.2) is 4.99 Å². The third kappa shape index (κ3) is 2.37. The van der Waals surface area contributed by atoms with Crippen molar-refractivity contribution in [2.24, 2.45) is 4.99 Å². The van der Waals surface area contributed by atoms with Crippen LogP contribution < -0.4 is 10.1 Å². The Kier molecular flexibility index (Phi) is 2.41. The van der Waals surface area contributed by atoms with Gasteiger partial charge < -0.3 is 15.2 Å². The van der Waals surface area contributed by atoms with Crippen LogP contribution in [0.15, 0.2) is 53.6 Å². The Morgan fingerprint density at radius 2 is 2.27 bits per heavy atom. The third-order valence-corrected chi connectivity index (χ3v) is 1.78. The molecule has 0 fully saturated rings. The molecule has 0 unspecified atom stereocenters. The Hall–Kier alpha value is -2.23. The number of benzene rings is 1. The van der Waals surface area contributed by atoms with E-state index in [1.54, 1.807) is 30.6 Å². The van der Waals surface area contributed by atoms with Gasteiger partial charge in [-0.15, -0.1) is 0 Å². The highest BCUT2D eigenvalue weighted by Crippen LogP contribution is 2.19. The summed E-state index contributed by atoms with van der Waals surface area (Å²) >= 11 is 0. The standard InChI is InChI=1S/C11H10N2O2/c1-8-12-6-11(7-13-8)15-10-4-2-3-9(14)5-10/h2-7,12,14H,1H2. The van der Waals surface area contributed by atoms with Gasteiger partial charge in [-0.05, 0) is 12.1 Å². The minimum Gasteiger partial charge on any atom is -0.508 e. The highest BCUT2D eigenvalue weighted by molar-refractivity contribution is 5.78. The van der Waals surface area contributed by atoms with E-state index >= 15 is 0 Å². The molecule has 1 aliphatic heterocycles. The van der Waals surface area contributed by atoms with Crippen molar-refractivity contribution in [2.75, 3.05) is 0 Å². The van der Waals surface area contributed by atoms with Crippen molar-refractivity contribution in [2.45, 2.75) is 0 Å². The van der Waals surface area contributed by atoms with Crippen LogP contribution in [0.25, 0.3) is 0 Å². The van der Waals surface area contributed by atoms with Gasteiger partial charge in [-0.1, -0.05) is 12.6 Å². The summed E-state index contributed by atoms with van der Waals surface area (Å²) in [5.74, 6) is 1.85. The van der Waals surface area contributed by atoms with Crippen LogP contribution in [0, 0.1) is 0 Å². The summed E-state index contributed by atoms with van der Waals surface area (Å²) in [6.07, 6.45) is 3.21. The quantitative estimate of drug-likeness (QED) is 0.768. The van der Waals surface area contributed by atoms with Crippen LogP contribution in [0.3, 0.4) is 0 Å². The maximum absolute atomic E-state index is 9.22. The molecule has 4 nitrogen and oxygen atoms in total. The SMILES string of the molecule is C=C1N=CC(Oc2cccc(O)c2)=CN1. The number of phenolic OH excluding ortho intramolecular Hbond substituents is 1. The van der Waals surface area contributed by atoms with Gasteiger partial charge in [0.25, 0.3) is 0 Å². The molecule has 0 radical (unpaired) electrons. The molecule has 0 bridgehead atoms. The number of phenols is 1. The molecule has 2 rings (SSSR count). The van der Waals surface area contributed by atoms with Gasteiger partial charge in [-0.3, -0.25) is 0 Å². The first-order valence-corrected chi connectivity index (χ1v) is 4.40.